The van der Waals surface area contributed by atoms with Gasteiger partial charge in [-0.1, -0.05) is 20.8 Å². The molecule has 106 valence electrons. The number of amides is 1. The van der Waals surface area contributed by atoms with E-state index < -0.39 is 0 Å². The second-order valence-electron chi connectivity index (χ2n) is 6.51. The van der Waals surface area contributed by atoms with Gasteiger partial charge in [-0.2, -0.15) is 5.10 Å². The number of hydrogen-bond acceptors (Lipinski definition) is 2. The highest BCUT2D eigenvalue weighted by atomic mass is 79.9. The lowest BCUT2D eigenvalue weighted by Gasteiger charge is -2.26. The maximum atomic E-state index is 12.1. The Morgan fingerprint density at radius 3 is 2.47 bits per heavy atom. The van der Waals surface area contributed by atoms with Crippen molar-refractivity contribution in [3.63, 3.8) is 0 Å². The van der Waals surface area contributed by atoms with Gasteiger partial charge in [0.25, 0.3) is 0 Å². The molecule has 0 N–H and O–H groups in total. The molecule has 2 rings (SSSR count). The summed E-state index contributed by atoms with van der Waals surface area (Å²) < 4.78 is 2.87. The van der Waals surface area contributed by atoms with E-state index in [0.717, 1.165) is 22.4 Å². The molecule has 0 aromatic carbocycles. The molecular formula is C14H22BrN3O. The van der Waals surface area contributed by atoms with Crippen LogP contribution in [0.3, 0.4) is 0 Å². The highest BCUT2D eigenvalue weighted by Gasteiger charge is 2.37. The van der Waals surface area contributed by atoms with Crippen molar-refractivity contribution in [1.82, 2.24) is 14.7 Å². The van der Waals surface area contributed by atoms with Gasteiger partial charge in [0.1, 0.15) is 0 Å². The van der Waals surface area contributed by atoms with Crippen LogP contribution in [0.2, 0.25) is 0 Å². The third kappa shape index (κ3) is 2.86. The van der Waals surface area contributed by atoms with Gasteiger partial charge in [-0.15, -0.1) is 0 Å². The van der Waals surface area contributed by atoms with Gasteiger partial charge in [0, 0.05) is 20.0 Å². The SMILES string of the molecule is Cc1nn(C)c(CN2CC(C(C)(C)C)CC2=O)c1Br. The Hall–Kier alpha value is -0.840. The minimum absolute atomic E-state index is 0.185. The van der Waals surface area contributed by atoms with E-state index in [1.54, 1.807) is 0 Å². The molecule has 1 saturated heterocycles. The number of aromatic nitrogens is 2. The summed E-state index contributed by atoms with van der Waals surface area (Å²) in [5, 5.41) is 4.38. The minimum Gasteiger partial charge on any atom is -0.336 e. The molecule has 0 spiro atoms. The summed E-state index contributed by atoms with van der Waals surface area (Å²) in [5.41, 5.74) is 2.22. The first kappa shape index (κ1) is 14.6. The topological polar surface area (TPSA) is 38.1 Å². The second kappa shape index (κ2) is 4.93. The first-order valence-electron chi connectivity index (χ1n) is 6.66. The van der Waals surface area contributed by atoms with Gasteiger partial charge >= 0.3 is 0 Å². The van der Waals surface area contributed by atoms with E-state index in [4.69, 9.17) is 0 Å². The van der Waals surface area contributed by atoms with E-state index >= 15 is 0 Å². The summed E-state index contributed by atoms with van der Waals surface area (Å²) in [6, 6.07) is 0. The average Bonchev–Trinajstić information content (AvgIpc) is 2.75. The quantitative estimate of drug-likeness (QED) is 0.837. The van der Waals surface area contributed by atoms with Crippen LogP contribution in [-0.2, 0) is 18.4 Å². The van der Waals surface area contributed by atoms with Crippen molar-refractivity contribution in [1.29, 1.82) is 0 Å². The first-order chi connectivity index (χ1) is 8.70. The molecule has 5 heteroatoms. The van der Waals surface area contributed by atoms with Crippen LogP contribution in [0.15, 0.2) is 4.47 Å². The molecule has 1 aromatic rings. The highest BCUT2D eigenvalue weighted by Crippen LogP contribution is 2.35. The Morgan fingerprint density at radius 1 is 1.42 bits per heavy atom. The van der Waals surface area contributed by atoms with E-state index in [0.29, 0.717) is 18.9 Å². The summed E-state index contributed by atoms with van der Waals surface area (Å²) >= 11 is 3.56. The van der Waals surface area contributed by atoms with Crippen LogP contribution in [0.25, 0.3) is 0 Å². The molecule has 1 amide bonds. The standard InChI is InChI=1S/C14H22BrN3O/c1-9-13(15)11(17(5)16-9)8-18-7-10(6-12(18)19)14(2,3)4/h10H,6-8H2,1-5H3. The Bertz CT molecular complexity index is 502. The Balaban J connectivity index is 2.14. The summed E-state index contributed by atoms with van der Waals surface area (Å²) in [6.07, 6.45) is 0.665. The van der Waals surface area contributed by atoms with Gasteiger partial charge in [-0.3, -0.25) is 9.48 Å². The second-order valence-corrected chi connectivity index (χ2v) is 7.30. The lowest BCUT2D eigenvalue weighted by molar-refractivity contribution is -0.128. The maximum absolute atomic E-state index is 12.1. The predicted molar refractivity (Wildman–Crippen MR) is 78.6 cm³/mol. The molecule has 19 heavy (non-hydrogen) atoms. The molecule has 1 fully saturated rings. The largest absolute Gasteiger partial charge is 0.336 e. The monoisotopic (exact) mass is 327 g/mol. The van der Waals surface area contributed by atoms with E-state index in [9.17, 15) is 4.79 Å². The van der Waals surface area contributed by atoms with Crippen molar-refractivity contribution >= 4 is 21.8 Å². The number of hydrogen-bond donors (Lipinski definition) is 0. The zero-order valence-corrected chi connectivity index (χ0v) is 13.9. The first-order valence-corrected chi connectivity index (χ1v) is 7.45. The smallest absolute Gasteiger partial charge is 0.223 e. The van der Waals surface area contributed by atoms with Crippen LogP contribution >= 0.6 is 15.9 Å². The lowest BCUT2D eigenvalue weighted by atomic mass is 9.80. The summed E-state index contributed by atoms with van der Waals surface area (Å²) in [7, 11) is 1.93. The number of rotatable bonds is 2. The van der Waals surface area contributed by atoms with Gasteiger partial charge in [0.15, 0.2) is 0 Å². The maximum Gasteiger partial charge on any atom is 0.223 e. The van der Waals surface area contributed by atoms with Crippen molar-refractivity contribution in [3.05, 3.63) is 15.9 Å². The number of halogens is 1. The molecule has 0 saturated carbocycles. The van der Waals surface area contributed by atoms with Crippen LogP contribution in [-0.4, -0.2) is 27.1 Å². The molecule has 1 aliphatic heterocycles. The van der Waals surface area contributed by atoms with E-state index in [1.165, 1.54) is 0 Å². The van der Waals surface area contributed by atoms with Gasteiger partial charge in [0.05, 0.1) is 22.4 Å². The van der Waals surface area contributed by atoms with E-state index in [-0.39, 0.29) is 11.3 Å². The third-order valence-electron chi connectivity index (χ3n) is 4.04. The van der Waals surface area contributed by atoms with Gasteiger partial charge in [-0.25, -0.2) is 0 Å². The zero-order chi connectivity index (χ0) is 14.4. The minimum atomic E-state index is 0.185. The molecule has 1 unspecified atom stereocenters. The van der Waals surface area contributed by atoms with Crippen LogP contribution in [0.1, 0.15) is 38.6 Å². The van der Waals surface area contributed by atoms with Crippen molar-refractivity contribution < 1.29 is 4.79 Å². The fourth-order valence-corrected chi connectivity index (χ4v) is 3.00. The summed E-state index contributed by atoms with van der Waals surface area (Å²) in [4.78, 5) is 14.1. The third-order valence-corrected chi connectivity index (χ3v) is 5.07. The lowest BCUT2D eigenvalue weighted by Crippen LogP contribution is -2.28. The predicted octanol–water partition coefficient (Wildman–Crippen LogP) is 2.89. The molecule has 0 radical (unpaired) electrons. The number of carbonyl (C=O) groups is 1. The molecule has 0 aliphatic carbocycles. The van der Waals surface area contributed by atoms with Crippen LogP contribution in [0.5, 0.6) is 0 Å². The zero-order valence-electron chi connectivity index (χ0n) is 12.3. The van der Waals surface area contributed by atoms with Crippen molar-refractivity contribution in [2.45, 2.75) is 40.7 Å². The van der Waals surface area contributed by atoms with E-state index in [1.807, 2.05) is 23.6 Å². The van der Waals surface area contributed by atoms with Crippen molar-refractivity contribution in [2.75, 3.05) is 6.54 Å². The Labute approximate surface area is 123 Å². The Morgan fingerprint density at radius 2 is 2.05 bits per heavy atom. The molecular weight excluding hydrogens is 306 g/mol. The van der Waals surface area contributed by atoms with Crippen molar-refractivity contribution in [2.24, 2.45) is 18.4 Å². The number of aryl methyl sites for hydroxylation is 2. The molecule has 1 aliphatic rings. The van der Waals surface area contributed by atoms with Crippen LogP contribution in [0, 0.1) is 18.3 Å². The number of likely N-dealkylation sites (tertiary alicyclic amines) is 1. The number of nitrogens with zero attached hydrogens (tertiary/aromatic N) is 3. The normalized spacial score (nSPS) is 20.4. The summed E-state index contributed by atoms with van der Waals surface area (Å²) in [5.74, 6) is 0.693. The average molecular weight is 328 g/mol. The molecule has 4 nitrogen and oxygen atoms in total. The van der Waals surface area contributed by atoms with Gasteiger partial charge < -0.3 is 4.90 Å². The summed E-state index contributed by atoms with van der Waals surface area (Å²) in [6.45, 7) is 10.1. The molecule has 2 heterocycles. The fourth-order valence-electron chi connectivity index (χ4n) is 2.54. The number of carbonyl (C=O) groups excluding carboxylic acids is 1. The van der Waals surface area contributed by atoms with Gasteiger partial charge in [0.2, 0.25) is 5.91 Å². The van der Waals surface area contributed by atoms with E-state index in [2.05, 4.69) is 41.8 Å². The molecule has 1 aromatic heterocycles. The van der Waals surface area contributed by atoms with Gasteiger partial charge in [-0.05, 0) is 34.2 Å². The fraction of sp³-hybridized carbons (Fsp3) is 0.714. The Kier molecular flexibility index (Phi) is 3.78. The van der Waals surface area contributed by atoms with Crippen molar-refractivity contribution in [3.8, 4) is 0 Å². The highest BCUT2D eigenvalue weighted by molar-refractivity contribution is 9.10. The molecule has 0 bridgehead atoms. The van der Waals surface area contributed by atoms with Crippen LogP contribution in [0.4, 0.5) is 0 Å². The molecule has 1 atom stereocenters. The van der Waals surface area contributed by atoms with Crippen LogP contribution < -0.4 is 0 Å².